The molecule has 1 heterocycles. The minimum atomic E-state index is -0.427. The molecule has 0 aliphatic rings. The zero-order valence-electron chi connectivity index (χ0n) is 7.27. The van der Waals surface area contributed by atoms with Crippen LogP contribution in [0.15, 0.2) is 35.5 Å². The van der Waals surface area contributed by atoms with E-state index < -0.39 is 4.92 Å². The minimum Gasteiger partial charge on any atom is -0.464 e. The van der Waals surface area contributed by atoms with Gasteiger partial charge in [0.1, 0.15) is 5.58 Å². The molecule has 2 aromatic rings. The summed E-state index contributed by atoms with van der Waals surface area (Å²) in [5.41, 5.74) is 1.15. The number of nitrogens with zero attached hydrogens (tertiary/aromatic N) is 1. The average molecular weight is 189 g/mol. The number of furan rings is 1. The quantitative estimate of drug-likeness (QED) is 0.539. The van der Waals surface area contributed by atoms with Crippen LogP contribution in [0.1, 0.15) is 5.56 Å². The summed E-state index contributed by atoms with van der Waals surface area (Å²) >= 11 is 0. The Labute approximate surface area is 79.6 Å². The second-order valence-corrected chi connectivity index (χ2v) is 2.83. The zero-order chi connectivity index (χ0) is 10.1. The monoisotopic (exact) mass is 189 g/mol. The molecule has 0 amide bonds. The molecule has 0 bridgehead atoms. The van der Waals surface area contributed by atoms with Crippen LogP contribution in [0.5, 0.6) is 0 Å². The van der Waals surface area contributed by atoms with Gasteiger partial charge in [-0.15, -0.1) is 0 Å². The van der Waals surface area contributed by atoms with Crippen molar-refractivity contribution in [3.05, 3.63) is 46.7 Å². The van der Waals surface area contributed by atoms with Crippen LogP contribution in [0.3, 0.4) is 0 Å². The highest BCUT2D eigenvalue weighted by Crippen LogP contribution is 2.27. The first-order valence-corrected chi connectivity index (χ1v) is 4.00. The second-order valence-electron chi connectivity index (χ2n) is 2.83. The van der Waals surface area contributed by atoms with Crippen molar-refractivity contribution in [2.45, 2.75) is 0 Å². The molecule has 0 saturated heterocycles. The molecular formula is C10H7NO3. The Kier molecular flexibility index (Phi) is 1.81. The maximum Gasteiger partial charge on any atom is 0.277 e. The Morgan fingerprint density at radius 2 is 2.29 bits per heavy atom. The fourth-order valence-electron chi connectivity index (χ4n) is 1.33. The molecule has 0 saturated carbocycles. The third-order valence-corrected chi connectivity index (χ3v) is 2.02. The van der Waals surface area contributed by atoms with Crippen LogP contribution in [-0.2, 0) is 0 Å². The molecule has 1 aromatic carbocycles. The van der Waals surface area contributed by atoms with Crippen molar-refractivity contribution in [3.63, 3.8) is 0 Å². The van der Waals surface area contributed by atoms with Crippen molar-refractivity contribution in [3.8, 4) is 0 Å². The molecule has 2 rings (SSSR count). The van der Waals surface area contributed by atoms with E-state index in [4.69, 9.17) is 4.42 Å². The summed E-state index contributed by atoms with van der Waals surface area (Å²) in [5, 5.41) is 11.4. The summed E-state index contributed by atoms with van der Waals surface area (Å²) in [5.74, 6) is 0. The van der Waals surface area contributed by atoms with Gasteiger partial charge in [0.05, 0.1) is 16.7 Å². The normalized spacial score (nSPS) is 10.3. The Morgan fingerprint density at radius 3 is 2.93 bits per heavy atom. The second kappa shape index (κ2) is 2.99. The zero-order valence-corrected chi connectivity index (χ0v) is 7.27. The minimum absolute atomic E-state index is 0.0499. The van der Waals surface area contributed by atoms with Crippen LogP contribution in [0, 0.1) is 10.1 Å². The molecule has 0 aliphatic carbocycles. The van der Waals surface area contributed by atoms with Crippen LogP contribution in [0.25, 0.3) is 17.0 Å². The number of fused-ring (bicyclic) bond motifs is 1. The van der Waals surface area contributed by atoms with Crippen LogP contribution in [-0.4, -0.2) is 4.92 Å². The van der Waals surface area contributed by atoms with Gasteiger partial charge in [-0.25, -0.2) is 0 Å². The number of nitro benzene ring substituents is 1. The molecule has 4 nitrogen and oxygen atoms in total. The third kappa shape index (κ3) is 1.17. The Balaban J connectivity index is 2.78. The largest absolute Gasteiger partial charge is 0.464 e. The Bertz CT molecular complexity index is 513. The molecule has 70 valence electrons. The van der Waals surface area contributed by atoms with E-state index in [1.807, 2.05) is 0 Å². The molecular weight excluding hydrogens is 182 g/mol. The van der Waals surface area contributed by atoms with Crippen LogP contribution in [0.2, 0.25) is 0 Å². The molecule has 14 heavy (non-hydrogen) atoms. The van der Waals surface area contributed by atoms with Gasteiger partial charge in [-0.1, -0.05) is 12.7 Å². The topological polar surface area (TPSA) is 56.3 Å². The predicted molar refractivity (Wildman–Crippen MR) is 53.0 cm³/mol. The summed E-state index contributed by atoms with van der Waals surface area (Å²) in [4.78, 5) is 10.2. The highest BCUT2D eigenvalue weighted by atomic mass is 16.6. The van der Waals surface area contributed by atoms with Gasteiger partial charge in [0.25, 0.3) is 5.69 Å². The Hall–Kier alpha value is -2.10. The molecule has 0 unspecified atom stereocenters. The molecule has 4 heteroatoms. The SMILES string of the molecule is C=Cc1cc2occc2cc1[N+](=O)[O-]. The summed E-state index contributed by atoms with van der Waals surface area (Å²) in [6, 6.07) is 4.78. The molecule has 0 radical (unpaired) electrons. The highest BCUT2D eigenvalue weighted by molar-refractivity contribution is 5.84. The van der Waals surface area contributed by atoms with Gasteiger partial charge in [0.2, 0.25) is 0 Å². The van der Waals surface area contributed by atoms with Crippen molar-refractivity contribution < 1.29 is 9.34 Å². The van der Waals surface area contributed by atoms with Gasteiger partial charge in [-0.05, 0) is 12.1 Å². The van der Waals surface area contributed by atoms with E-state index >= 15 is 0 Å². The van der Waals surface area contributed by atoms with Crippen molar-refractivity contribution in [2.75, 3.05) is 0 Å². The fraction of sp³-hybridized carbons (Fsp3) is 0. The number of nitro groups is 1. The lowest BCUT2D eigenvalue weighted by molar-refractivity contribution is -0.384. The van der Waals surface area contributed by atoms with E-state index in [0.29, 0.717) is 11.1 Å². The van der Waals surface area contributed by atoms with Crippen molar-refractivity contribution in [2.24, 2.45) is 0 Å². The van der Waals surface area contributed by atoms with Crippen molar-refractivity contribution in [1.29, 1.82) is 0 Å². The van der Waals surface area contributed by atoms with E-state index in [0.717, 1.165) is 5.39 Å². The van der Waals surface area contributed by atoms with E-state index in [2.05, 4.69) is 6.58 Å². The molecule has 1 aromatic heterocycles. The first-order valence-electron chi connectivity index (χ1n) is 4.00. The lowest BCUT2D eigenvalue weighted by atomic mass is 10.1. The fourth-order valence-corrected chi connectivity index (χ4v) is 1.33. The maximum atomic E-state index is 10.7. The molecule has 0 fully saturated rings. The number of benzene rings is 1. The van der Waals surface area contributed by atoms with E-state index in [1.165, 1.54) is 18.4 Å². The first kappa shape index (κ1) is 8.50. The van der Waals surface area contributed by atoms with Gasteiger partial charge >= 0.3 is 0 Å². The molecule has 0 atom stereocenters. The van der Waals surface area contributed by atoms with Gasteiger partial charge in [0.15, 0.2) is 0 Å². The summed E-state index contributed by atoms with van der Waals surface area (Å²) in [6.45, 7) is 3.52. The molecule has 0 spiro atoms. The van der Waals surface area contributed by atoms with Crippen molar-refractivity contribution in [1.82, 2.24) is 0 Å². The smallest absolute Gasteiger partial charge is 0.277 e. The number of hydrogen-bond donors (Lipinski definition) is 0. The first-order chi connectivity index (χ1) is 6.72. The highest BCUT2D eigenvalue weighted by Gasteiger charge is 2.13. The lowest BCUT2D eigenvalue weighted by Crippen LogP contribution is -1.90. The van der Waals surface area contributed by atoms with Gasteiger partial charge < -0.3 is 4.42 Å². The lowest BCUT2D eigenvalue weighted by Gasteiger charge is -1.96. The van der Waals surface area contributed by atoms with Crippen molar-refractivity contribution >= 4 is 22.7 Å². The number of rotatable bonds is 2. The molecule has 0 aliphatic heterocycles. The van der Waals surface area contributed by atoms with Gasteiger partial charge in [0, 0.05) is 11.5 Å². The van der Waals surface area contributed by atoms with Gasteiger partial charge in [-0.3, -0.25) is 10.1 Å². The molecule has 0 N–H and O–H groups in total. The maximum absolute atomic E-state index is 10.7. The van der Waals surface area contributed by atoms with Crippen LogP contribution in [0.4, 0.5) is 5.69 Å². The summed E-state index contributed by atoms with van der Waals surface area (Å²) < 4.78 is 5.12. The number of hydrogen-bond acceptors (Lipinski definition) is 3. The van der Waals surface area contributed by atoms with E-state index in [-0.39, 0.29) is 5.69 Å². The summed E-state index contributed by atoms with van der Waals surface area (Å²) in [7, 11) is 0. The van der Waals surface area contributed by atoms with E-state index in [1.54, 1.807) is 12.1 Å². The van der Waals surface area contributed by atoms with Gasteiger partial charge in [-0.2, -0.15) is 0 Å². The third-order valence-electron chi connectivity index (χ3n) is 2.02. The van der Waals surface area contributed by atoms with Crippen LogP contribution < -0.4 is 0 Å². The van der Waals surface area contributed by atoms with E-state index in [9.17, 15) is 10.1 Å². The average Bonchev–Trinajstić information content (AvgIpc) is 2.62. The Morgan fingerprint density at radius 1 is 1.50 bits per heavy atom. The summed E-state index contributed by atoms with van der Waals surface area (Å²) in [6.07, 6.45) is 2.95. The standard InChI is InChI=1S/C10H7NO3/c1-2-7-6-10-8(3-4-14-10)5-9(7)11(12)13/h2-6H,1H2. The predicted octanol–water partition coefficient (Wildman–Crippen LogP) is 2.98. The van der Waals surface area contributed by atoms with Crippen LogP contribution >= 0.6 is 0 Å².